The van der Waals surface area contributed by atoms with Crippen LogP contribution in [0.3, 0.4) is 0 Å². The van der Waals surface area contributed by atoms with Gasteiger partial charge in [-0.25, -0.2) is 0 Å². The lowest BCUT2D eigenvalue weighted by atomic mass is 9.91. The number of hydrogen-bond donors (Lipinski definition) is 1. The molecule has 1 fully saturated rings. The van der Waals surface area contributed by atoms with Gasteiger partial charge < -0.3 is 9.84 Å². The molecule has 3 aromatic carbocycles. The second kappa shape index (κ2) is 6.79. The van der Waals surface area contributed by atoms with Gasteiger partial charge in [0.2, 0.25) is 0 Å². The van der Waals surface area contributed by atoms with Crippen LogP contribution in [0.4, 0.5) is 0 Å². The van der Waals surface area contributed by atoms with E-state index in [1.165, 1.54) is 13.2 Å². The van der Waals surface area contributed by atoms with Gasteiger partial charge in [-0.1, -0.05) is 41.9 Å². The molecule has 2 aliphatic rings. The lowest BCUT2D eigenvalue weighted by Crippen LogP contribution is -2.23. The maximum atomic E-state index is 13.5. The molecule has 1 saturated carbocycles. The Morgan fingerprint density at radius 1 is 0.968 bits per heavy atom. The molecule has 5 nitrogen and oxygen atoms in total. The molecule has 0 unspecified atom stereocenters. The Labute approximate surface area is 183 Å². The highest BCUT2D eigenvalue weighted by Gasteiger charge is 2.79. The Morgan fingerprint density at radius 3 is 2.16 bits per heavy atom. The number of ketones is 3. The van der Waals surface area contributed by atoms with Crippen molar-refractivity contribution < 1.29 is 24.2 Å². The summed E-state index contributed by atoms with van der Waals surface area (Å²) in [6.45, 7) is 0. The molecule has 0 amide bonds. The Hall–Kier alpha value is -3.44. The number of aromatic hydroxyl groups is 1. The summed E-state index contributed by atoms with van der Waals surface area (Å²) in [6.07, 6.45) is 0. The third kappa shape index (κ3) is 2.60. The average Bonchev–Trinajstić information content (AvgIpc) is 3.44. The van der Waals surface area contributed by atoms with Crippen LogP contribution in [-0.4, -0.2) is 29.6 Å². The van der Waals surface area contributed by atoms with E-state index in [9.17, 15) is 19.5 Å². The summed E-state index contributed by atoms with van der Waals surface area (Å²) in [7, 11) is 1.42. The standard InChI is InChI=1S/C25H17ClO5/c1-31-19-12-14(8-11-18(19)27)20-21(22(28)13-6-9-15(26)10-7-13)25(20)23(29)16-4-2-3-5-17(16)24(25)30/h2-12,20-21,27H,1H3/t20-,21+/m1/s1. The van der Waals surface area contributed by atoms with E-state index in [1.807, 2.05) is 0 Å². The summed E-state index contributed by atoms with van der Waals surface area (Å²) in [6, 6.07) is 17.7. The van der Waals surface area contributed by atoms with E-state index in [0.717, 1.165) is 0 Å². The molecule has 5 rings (SSSR count). The van der Waals surface area contributed by atoms with Gasteiger partial charge in [0.05, 0.1) is 13.0 Å². The minimum atomic E-state index is -1.48. The quantitative estimate of drug-likeness (QED) is 0.476. The van der Waals surface area contributed by atoms with Crippen LogP contribution < -0.4 is 4.74 Å². The topological polar surface area (TPSA) is 80.7 Å². The van der Waals surface area contributed by atoms with E-state index >= 15 is 0 Å². The molecular weight excluding hydrogens is 416 g/mol. The second-order valence-corrected chi connectivity index (χ2v) is 8.27. The zero-order valence-corrected chi connectivity index (χ0v) is 17.2. The van der Waals surface area contributed by atoms with Gasteiger partial charge >= 0.3 is 0 Å². The number of rotatable bonds is 4. The van der Waals surface area contributed by atoms with Gasteiger partial charge in [0.1, 0.15) is 5.41 Å². The molecule has 1 N–H and O–H groups in total. The van der Waals surface area contributed by atoms with Gasteiger partial charge in [-0.05, 0) is 42.0 Å². The molecule has 154 valence electrons. The maximum Gasteiger partial charge on any atom is 0.178 e. The molecule has 0 radical (unpaired) electrons. The molecule has 0 saturated heterocycles. The van der Waals surface area contributed by atoms with E-state index in [0.29, 0.717) is 27.3 Å². The zero-order chi connectivity index (χ0) is 21.9. The molecule has 2 aliphatic carbocycles. The van der Waals surface area contributed by atoms with Gasteiger partial charge in [-0.15, -0.1) is 0 Å². The number of phenolic OH excluding ortho intramolecular Hbond substituents is 1. The Morgan fingerprint density at radius 2 is 1.58 bits per heavy atom. The number of hydrogen-bond acceptors (Lipinski definition) is 5. The van der Waals surface area contributed by atoms with Crippen LogP contribution in [-0.2, 0) is 0 Å². The third-order valence-corrected chi connectivity index (χ3v) is 6.60. The normalized spacial score (nSPS) is 20.6. The van der Waals surface area contributed by atoms with Crippen LogP contribution in [0.5, 0.6) is 11.5 Å². The highest BCUT2D eigenvalue weighted by Crippen LogP contribution is 2.71. The van der Waals surface area contributed by atoms with Crippen molar-refractivity contribution in [3.8, 4) is 11.5 Å². The lowest BCUT2D eigenvalue weighted by Gasteiger charge is -2.09. The van der Waals surface area contributed by atoms with Gasteiger partial charge in [0, 0.05) is 27.6 Å². The fraction of sp³-hybridized carbons (Fsp3) is 0.160. The predicted octanol–water partition coefficient (Wildman–Crippen LogP) is 4.72. The first-order chi connectivity index (χ1) is 14.9. The van der Waals surface area contributed by atoms with E-state index in [4.69, 9.17) is 16.3 Å². The summed E-state index contributed by atoms with van der Waals surface area (Å²) in [4.78, 5) is 40.5. The van der Waals surface area contributed by atoms with Crippen molar-refractivity contribution >= 4 is 29.0 Å². The molecule has 3 aromatic rings. The molecule has 0 aliphatic heterocycles. The van der Waals surface area contributed by atoms with Gasteiger partial charge in [0.15, 0.2) is 28.8 Å². The molecule has 31 heavy (non-hydrogen) atoms. The van der Waals surface area contributed by atoms with Crippen molar-refractivity contribution in [1.29, 1.82) is 0 Å². The number of halogens is 1. The molecule has 0 aromatic heterocycles. The number of ether oxygens (including phenoxy) is 1. The fourth-order valence-corrected chi connectivity index (χ4v) is 5.00. The third-order valence-electron chi connectivity index (χ3n) is 6.35. The minimum Gasteiger partial charge on any atom is -0.504 e. The largest absolute Gasteiger partial charge is 0.504 e. The van der Waals surface area contributed by atoms with Crippen LogP contribution in [0.25, 0.3) is 0 Å². The van der Waals surface area contributed by atoms with Crippen molar-refractivity contribution in [3.05, 3.63) is 94.0 Å². The highest BCUT2D eigenvalue weighted by atomic mass is 35.5. The predicted molar refractivity (Wildman–Crippen MR) is 114 cm³/mol. The van der Waals surface area contributed by atoms with Crippen molar-refractivity contribution in [2.75, 3.05) is 7.11 Å². The Balaban J connectivity index is 1.66. The average molecular weight is 433 g/mol. The van der Waals surface area contributed by atoms with Gasteiger partial charge in [-0.3, -0.25) is 14.4 Å². The summed E-state index contributed by atoms with van der Waals surface area (Å²) in [5.41, 5.74) is 0.182. The number of carbonyl (C=O) groups excluding carboxylic acids is 3. The van der Waals surface area contributed by atoms with Crippen molar-refractivity contribution in [2.24, 2.45) is 11.3 Å². The number of methoxy groups -OCH3 is 1. The minimum absolute atomic E-state index is 0.0612. The summed E-state index contributed by atoms with van der Waals surface area (Å²) < 4.78 is 5.20. The Kier molecular flexibility index (Phi) is 4.27. The SMILES string of the molecule is COc1cc([C@@H]2[C@@H](C(=O)c3ccc(Cl)cc3)C23C(=O)c2ccccc2C3=O)ccc1O. The van der Waals surface area contributed by atoms with Crippen LogP contribution in [0.15, 0.2) is 66.7 Å². The fourth-order valence-electron chi connectivity index (χ4n) is 4.88. The van der Waals surface area contributed by atoms with Crippen LogP contribution in [0.2, 0.25) is 5.02 Å². The van der Waals surface area contributed by atoms with E-state index < -0.39 is 17.3 Å². The van der Waals surface area contributed by atoms with Gasteiger partial charge in [0.25, 0.3) is 0 Å². The van der Waals surface area contributed by atoms with Crippen molar-refractivity contribution in [1.82, 2.24) is 0 Å². The summed E-state index contributed by atoms with van der Waals surface area (Å²) in [5, 5.41) is 10.5. The van der Waals surface area contributed by atoms with E-state index in [2.05, 4.69) is 0 Å². The zero-order valence-electron chi connectivity index (χ0n) is 16.5. The van der Waals surface area contributed by atoms with Crippen molar-refractivity contribution in [2.45, 2.75) is 5.92 Å². The van der Waals surface area contributed by atoms with Crippen molar-refractivity contribution in [3.63, 3.8) is 0 Å². The van der Waals surface area contributed by atoms with Crippen LogP contribution in [0, 0.1) is 11.3 Å². The lowest BCUT2D eigenvalue weighted by molar-refractivity contribution is 0.0764. The monoisotopic (exact) mass is 432 g/mol. The van der Waals surface area contributed by atoms with E-state index in [1.54, 1.807) is 60.7 Å². The number of Topliss-reactive ketones (excluding diaryl/α,β-unsaturated/α-hetero) is 3. The molecular formula is C25H17ClO5. The molecule has 2 atom stereocenters. The van der Waals surface area contributed by atoms with Crippen LogP contribution >= 0.6 is 11.6 Å². The smallest absolute Gasteiger partial charge is 0.178 e. The molecule has 1 spiro atoms. The second-order valence-electron chi connectivity index (χ2n) is 7.83. The molecule has 6 heteroatoms. The number of benzene rings is 3. The molecule has 0 heterocycles. The Bertz CT molecular complexity index is 1230. The first kappa shape index (κ1) is 19.5. The van der Waals surface area contributed by atoms with Crippen LogP contribution in [0.1, 0.15) is 42.6 Å². The van der Waals surface area contributed by atoms with Gasteiger partial charge in [-0.2, -0.15) is 0 Å². The molecule has 0 bridgehead atoms. The number of fused-ring (bicyclic) bond motifs is 1. The highest BCUT2D eigenvalue weighted by molar-refractivity contribution is 6.35. The summed E-state index contributed by atoms with van der Waals surface area (Å²) >= 11 is 5.96. The van der Waals surface area contributed by atoms with E-state index in [-0.39, 0.29) is 28.8 Å². The maximum absolute atomic E-state index is 13.5. The first-order valence-electron chi connectivity index (χ1n) is 9.76. The first-order valence-corrected chi connectivity index (χ1v) is 10.1. The number of carbonyl (C=O) groups is 3. The number of phenols is 1. The summed E-state index contributed by atoms with van der Waals surface area (Å²) in [5.74, 6) is -2.31.